The Hall–Kier alpha value is -9.46. The summed E-state index contributed by atoms with van der Waals surface area (Å²) in [4.78, 5) is 4.44. The van der Waals surface area contributed by atoms with Crippen LogP contribution in [-0.4, -0.2) is 10.5 Å². The van der Waals surface area contributed by atoms with Gasteiger partial charge in [-0.3, -0.25) is 0 Å². The molecule has 328 valence electrons. The van der Waals surface area contributed by atoms with E-state index >= 15 is 0 Å². The molecule has 0 heterocycles. The number of fused-ring (bicyclic) bond motifs is 8. The Bertz CT molecular complexity index is 4050. The fourth-order valence-corrected chi connectivity index (χ4v) is 12.2. The average Bonchev–Trinajstić information content (AvgIpc) is 3.44. The zero-order chi connectivity index (χ0) is 47.0. The number of hydrogen-bond acceptors (Lipinski definition) is 0. The smallest absolute Gasteiger partial charge is 0.332 e. The molecule has 0 unspecified atom stereocenters. The second kappa shape index (κ2) is 16.4. The summed E-state index contributed by atoms with van der Waals surface area (Å²) in [6.07, 6.45) is 0. The number of benzene rings is 14. The van der Waals surface area contributed by atoms with Crippen LogP contribution in [0.3, 0.4) is 0 Å². The fourth-order valence-electron chi connectivity index (χ4n) is 12.2. The highest BCUT2D eigenvalue weighted by molar-refractivity contribution is 6.38. The first kappa shape index (κ1) is 40.6. The molecule has 0 aliphatic carbocycles. The van der Waals surface area contributed by atoms with Crippen LogP contribution in [0.15, 0.2) is 255 Å². The Morgan fingerprint density at radius 2 is 0.366 bits per heavy atom. The van der Waals surface area contributed by atoms with Crippen molar-refractivity contribution in [3.8, 4) is 44.5 Å². The third-order valence-electron chi connectivity index (χ3n) is 14.9. The predicted octanol–water partition coefficient (Wildman–Crippen LogP) is 18.6. The van der Waals surface area contributed by atoms with Gasteiger partial charge in [0.2, 0.25) is 0 Å². The molecule has 0 radical (unpaired) electrons. The van der Waals surface area contributed by atoms with Gasteiger partial charge in [-0.2, -0.15) is 4.79 Å². The van der Waals surface area contributed by atoms with Crippen LogP contribution in [0, 0.1) is 0 Å². The lowest BCUT2D eigenvalue weighted by Crippen LogP contribution is -2.10. The summed E-state index contributed by atoms with van der Waals surface area (Å²) in [5.74, 6) is 0. The van der Waals surface area contributed by atoms with Gasteiger partial charge in [-0.05, 0) is 131 Å². The molecule has 0 atom stereocenters. The summed E-state index contributed by atoms with van der Waals surface area (Å²) in [6.45, 7) is 0. The van der Waals surface area contributed by atoms with Gasteiger partial charge in [0.25, 0.3) is 0 Å². The van der Waals surface area contributed by atoms with E-state index in [0.29, 0.717) is 5.71 Å². The minimum absolute atomic E-state index is 0.534. The molecule has 14 aromatic rings. The molecule has 0 aromatic heterocycles. The summed E-state index contributed by atoms with van der Waals surface area (Å²) >= 11 is 0. The van der Waals surface area contributed by atoms with Gasteiger partial charge in [0.1, 0.15) is 0 Å². The van der Waals surface area contributed by atoms with Crippen molar-refractivity contribution in [3.63, 3.8) is 0 Å². The van der Waals surface area contributed by atoms with Gasteiger partial charge in [-0.1, -0.05) is 255 Å². The molecule has 0 aliphatic heterocycles. The van der Waals surface area contributed by atoms with E-state index in [2.05, 4.69) is 260 Å². The van der Waals surface area contributed by atoms with Gasteiger partial charge in [0.05, 0.1) is 11.1 Å². The molecule has 0 saturated heterocycles. The van der Waals surface area contributed by atoms with Crippen LogP contribution in [0.5, 0.6) is 0 Å². The molecule has 0 aliphatic rings. The summed E-state index contributed by atoms with van der Waals surface area (Å²) in [6, 6.07) is 91.8. The minimum atomic E-state index is 0.534. The van der Waals surface area contributed by atoms with Crippen molar-refractivity contribution in [1.82, 2.24) is 0 Å². The van der Waals surface area contributed by atoms with Gasteiger partial charge < -0.3 is 5.53 Å². The number of nitrogens with zero attached hydrogens (tertiary/aromatic N) is 2. The second-order valence-corrected chi connectivity index (χ2v) is 18.5. The van der Waals surface area contributed by atoms with Crippen LogP contribution in [-0.2, 0) is 0 Å². The van der Waals surface area contributed by atoms with Crippen LogP contribution in [0.25, 0.3) is 136 Å². The first-order valence-corrected chi connectivity index (χ1v) is 24.4. The lowest BCUT2D eigenvalue weighted by atomic mass is 9.79. The lowest BCUT2D eigenvalue weighted by molar-refractivity contribution is -0.00233. The van der Waals surface area contributed by atoms with E-state index in [1.165, 1.54) is 76.5 Å². The van der Waals surface area contributed by atoms with Crippen LogP contribution >= 0.6 is 0 Å². The largest absolute Gasteiger partial charge is 0.361 e. The summed E-state index contributed by atoms with van der Waals surface area (Å²) in [5.41, 5.74) is 23.7. The highest BCUT2D eigenvalue weighted by Gasteiger charge is 2.31. The Labute approximate surface area is 410 Å². The summed E-state index contributed by atoms with van der Waals surface area (Å²) < 4.78 is 0. The lowest BCUT2D eigenvalue weighted by Gasteiger charge is -2.22. The van der Waals surface area contributed by atoms with Crippen LogP contribution < -0.4 is 0 Å². The van der Waals surface area contributed by atoms with Crippen molar-refractivity contribution in [1.29, 1.82) is 0 Å². The van der Waals surface area contributed by atoms with Gasteiger partial charge in [-0.15, -0.1) is 0 Å². The van der Waals surface area contributed by atoms with E-state index in [1.54, 1.807) is 0 Å². The molecule has 0 saturated carbocycles. The van der Waals surface area contributed by atoms with Crippen molar-refractivity contribution in [3.05, 3.63) is 271 Å². The summed E-state index contributed by atoms with van der Waals surface area (Å²) in [7, 11) is 0. The maximum absolute atomic E-state index is 11.9. The predicted molar refractivity (Wildman–Crippen MR) is 302 cm³/mol. The second-order valence-electron chi connectivity index (χ2n) is 18.5. The van der Waals surface area contributed by atoms with Crippen molar-refractivity contribution >= 4 is 91.9 Å². The Balaban J connectivity index is 1.09. The number of rotatable bonds is 6. The summed E-state index contributed by atoms with van der Waals surface area (Å²) in [5, 5.41) is 18.0. The molecule has 0 spiro atoms. The molecule has 2 nitrogen and oxygen atoms in total. The van der Waals surface area contributed by atoms with E-state index < -0.39 is 0 Å². The molecule has 71 heavy (non-hydrogen) atoms. The molecule has 0 amide bonds. The maximum Gasteiger partial charge on any atom is 0.332 e. The first-order valence-electron chi connectivity index (χ1n) is 24.4. The molecule has 2 heteroatoms. The molecular formula is C69H42N2. The van der Waals surface area contributed by atoms with Crippen molar-refractivity contribution < 1.29 is 4.79 Å². The Morgan fingerprint density at radius 3 is 0.577 bits per heavy atom. The minimum Gasteiger partial charge on any atom is -0.361 e. The molecule has 0 fully saturated rings. The normalized spacial score (nSPS) is 11.7. The van der Waals surface area contributed by atoms with Crippen LogP contribution in [0.4, 0.5) is 0 Å². The standard InChI is InChI=1S/C69H42N2/c70-71-69(67-57-39-19-15-35-53(57)65(54-36-16-20-40-58(54)67)63-49-31-11-7-27-45(49)61(43-23-3-1-4-24-43)46-28-8-12-32-50(46)63)68-59-41-21-17-37-55(59)66(56-38-18-22-42-60(56)68)64-51-33-13-9-29-47(51)62(44-25-5-2-6-26-44)48-30-10-14-34-52(48)64/h1-42H. The van der Waals surface area contributed by atoms with Crippen LogP contribution in [0.1, 0.15) is 11.1 Å². The van der Waals surface area contributed by atoms with Crippen molar-refractivity contribution in [2.45, 2.75) is 0 Å². The van der Waals surface area contributed by atoms with E-state index in [9.17, 15) is 5.53 Å². The Morgan fingerprint density at radius 1 is 0.197 bits per heavy atom. The molecule has 0 bridgehead atoms. The maximum atomic E-state index is 11.9. The third-order valence-corrected chi connectivity index (χ3v) is 14.9. The van der Waals surface area contributed by atoms with Gasteiger partial charge >= 0.3 is 5.71 Å². The molecule has 0 N–H and O–H groups in total. The van der Waals surface area contributed by atoms with Gasteiger partial charge in [0.15, 0.2) is 0 Å². The van der Waals surface area contributed by atoms with E-state index in [1.807, 2.05) is 0 Å². The Kier molecular flexibility index (Phi) is 9.35. The van der Waals surface area contributed by atoms with Gasteiger partial charge in [0, 0.05) is 0 Å². The fraction of sp³-hybridized carbons (Fsp3) is 0. The third kappa shape index (κ3) is 6.09. The topological polar surface area (TPSA) is 36.4 Å². The van der Waals surface area contributed by atoms with Gasteiger partial charge in [-0.25, -0.2) is 0 Å². The zero-order valence-corrected chi connectivity index (χ0v) is 38.6. The van der Waals surface area contributed by atoms with Crippen molar-refractivity contribution in [2.24, 2.45) is 0 Å². The SMILES string of the molecule is [N-]=[N+]=C(c1c2ccccc2c(-c2c3ccccc3c(-c3ccccc3)c3ccccc23)c2ccccc12)c1c2ccccc2c(-c2c3ccccc3c(-c3ccccc3)c3ccccc23)c2ccccc12. The van der Waals surface area contributed by atoms with Crippen molar-refractivity contribution in [2.75, 3.05) is 0 Å². The quantitative estimate of drug-likeness (QED) is 0.0690. The first-order chi connectivity index (χ1) is 35.3. The molecular weight excluding hydrogens is 857 g/mol. The molecule has 14 rings (SSSR count). The average molecular weight is 899 g/mol. The van der Waals surface area contributed by atoms with E-state index in [0.717, 1.165) is 65.3 Å². The monoisotopic (exact) mass is 898 g/mol. The van der Waals surface area contributed by atoms with Crippen LogP contribution in [0.2, 0.25) is 0 Å². The van der Waals surface area contributed by atoms with E-state index in [4.69, 9.17) is 0 Å². The highest BCUT2D eigenvalue weighted by atomic mass is 14.9. The number of hydrogen-bond donors (Lipinski definition) is 0. The highest BCUT2D eigenvalue weighted by Crippen LogP contribution is 2.51. The molecule has 14 aromatic carbocycles. The van der Waals surface area contributed by atoms with E-state index in [-0.39, 0.29) is 0 Å². The zero-order valence-electron chi connectivity index (χ0n) is 38.6.